The quantitative estimate of drug-likeness (QED) is 0.859. The molecular formula is C16H24N6S. The molecule has 2 aromatic rings. The zero-order valence-electron chi connectivity index (χ0n) is 14.1. The molecule has 1 aliphatic heterocycles. The van der Waals surface area contributed by atoms with E-state index in [1.807, 2.05) is 0 Å². The van der Waals surface area contributed by atoms with Crippen LogP contribution >= 0.6 is 11.3 Å². The minimum atomic E-state index is 0.477. The van der Waals surface area contributed by atoms with Crippen LogP contribution in [0, 0.1) is 6.92 Å². The molecule has 2 aromatic heterocycles. The molecule has 1 saturated heterocycles. The molecular weight excluding hydrogens is 308 g/mol. The molecule has 6 nitrogen and oxygen atoms in total. The van der Waals surface area contributed by atoms with Gasteiger partial charge in [-0.05, 0) is 26.7 Å². The summed E-state index contributed by atoms with van der Waals surface area (Å²) in [5.74, 6) is 2.92. The Balaban J connectivity index is 1.40. The first-order valence-electron chi connectivity index (χ1n) is 8.41. The van der Waals surface area contributed by atoms with E-state index in [1.54, 1.807) is 11.3 Å². The minimum absolute atomic E-state index is 0.477. The molecule has 4 rings (SSSR count). The largest absolute Gasteiger partial charge is 0.343 e. The van der Waals surface area contributed by atoms with Crippen molar-refractivity contribution in [3.8, 4) is 0 Å². The Morgan fingerprint density at radius 1 is 1.26 bits per heavy atom. The third-order valence-corrected chi connectivity index (χ3v) is 5.87. The second-order valence-electron chi connectivity index (χ2n) is 6.86. The maximum absolute atomic E-state index is 4.64. The summed E-state index contributed by atoms with van der Waals surface area (Å²) in [5, 5.41) is 12.1. The lowest BCUT2D eigenvalue weighted by molar-refractivity contribution is 0.214. The molecule has 2 fully saturated rings. The highest BCUT2D eigenvalue weighted by atomic mass is 32.1. The van der Waals surface area contributed by atoms with Crippen LogP contribution in [0.15, 0.2) is 5.38 Å². The van der Waals surface area contributed by atoms with E-state index in [-0.39, 0.29) is 0 Å². The van der Waals surface area contributed by atoms with Gasteiger partial charge >= 0.3 is 0 Å². The van der Waals surface area contributed by atoms with Gasteiger partial charge in [-0.3, -0.25) is 4.90 Å². The Morgan fingerprint density at radius 2 is 2.09 bits per heavy atom. The third-order valence-electron chi connectivity index (χ3n) is 4.87. The first kappa shape index (κ1) is 15.1. The predicted molar refractivity (Wildman–Crippen MR) is 91.9 cm³/mol. The smallest absolute Gasteiger partial charge is 0.185 e. The lowest BCUT2D eigenvalue weighted by atomic mass is 10.2. The van der Waals surface area contributed by atoms with Crippen LogP contribution in [0.5, 0.6) is 0 Å². The Kier molecular flexibility index (Phi) is 3.85. The van der Waals surface area contributed by atoms with Crippen molar-refractivity contribution in [1.82, 2.24) is 24.6 Å². The topological polar surface area (TPSA) is 50.1 Å². The molecule has 23 heavy (non-hydrogen) atoms. The molecule has 0 amide bonds. The van der Waals surface area contributed by atoms with Crippen LogP contribution in [-0.2, 0) is 13.6 Å². The van der Waals surface area contributed by atoms with Crippen LogP contribution in [0.3, 0.4) is 0 Å². The predicted octanol–water partition coefficient (Wildman–Crippen LogP) is 2.17. The van der Waals surface area contributed by atoms with Gasteiger partial charge in [0.05, 0.1) is 12.2 Å². The van der Waals surface area contributed by atoms with E-state index < -0.39 is 0 Å². The van der Waals surface area contributed by atoms with Crippen molar-refractivity contribution in [3.05, 3.63) is 22.7 Å². The summed E-state index contributed by atoms with van der Waals surface area (Å²) in [5.41, 5.74) is 1.12. The van der Waals surface area contributed by atoms with E-state index in [0.29, 0.717) is 12.0 Å². The second kappa shape index (κ2) is 5.87. The van der Waals surface area contributed by atoms with Crippen LogP contribution < -0.4 is 4.90 Å². The number of anilines is 1. The fraction of sp³-hybridized carbons (Fsp3) is 0.688. The Bertz CT molecular complexity index is 689. The second-order valence-corrected chi connectivity index (χ2v) is 7.69. The molecule has 0 radical (unpaired) electrons. The number of rotatable bonds is 4. The average Bonchev–Trinajstić information content (AvgIpc) is 3.18. The van der Waals surface area contributed by atoms with Gasteiger partial charge in [0.15, 0.2) is 5.13 Å². The molecule has 1 aliphatic carbocycles. The number of hydrogen-bond donors (Lipinski definition) is 0. The van der Waals surface area contributed by atoms with Crippen molar-refractivity contribution in [2.45, 2.75) is 45.2 Å². The molecule has 0 aromatic carbocycles. The van der Waals surface area contributed by atoms with Crippen LogP contribution in [0.25, 0.3) is 0 Å². The fourth-order valence-electron chi connectivity index (χ4n) is 3.34. The number of piperazine rings is 1. The van der Waals surface area contributed by atoms with Crippen molar-refractivity contribution >= 4 is 16.5 Å². The summed E-state index contributed by atoms with van der Waals surface area (Å²) >= 11 is 1.75. The summed E-state index contributed by atoms with van der Waals surface area (Å²) < 4.78 is 2.21. The maximum Gasteiger partial charge on any atom is 0.185 e. The fourth-order valence-corrected chi connectivity index (χ4v) is 4.28. The zero-order valence-corrected chi connectivity index (χ0v) is 14.9. The van der Waals surface area contributed by atoms with Gasteiger partial charge < -0.3 is 9.47 Å². The summed E-state index contributed by atoms with van der Waals surface area (Å²) in [6.07, 6.45) is 2.55. The standard InChI is InChI=1S/C16H24N6S/c1-11-10-23-16(17-11)22-7-6-21(8-12(22)2)9-14-18-19-15(20(14)3)13-4-5-13/h10,12-13H,4-9H2,1-3H3/t12-/m1/s1. The molecule has 1 atom stereocenters. The van der Waals surface area contributed by atoms with Gasteiger partial charge in [0.25, 0.3) is 0 Å². The summed E-state index contributed by atoms with van der Waals surface area (Å²) in [6, 6.07) is 0.477. The Morgan fingerprint density at radius 3 is 2.74 bits per heavy atom. The van der Waals surface area contributed by atoms with Gasteiger partial charge in [0, 0.05) is 44.0 Å². The third kappa shape index (κ3) is 2.99. The van der Waals surface area contributed by atoms with Crippen LogP contribution in [0.2, 0.25) is 0 Å². The van der Waals surface area contributed by atoms with Crippen molar-refractivity contribution in [3.63, 3.8) is 0 Å². The number of aromatic nitrogens is 4. The van der Waals surface area contributed by atoms with Gasteiger partial charge in [-0.2, -0.15) is 0 Å². The van der Waals surface area contributed by atoms with Gasteiger partial charge in [0.2, 0.25) is 0 Å². The number of nitrogens with zero attached hydrogens (tertiary/aromatic N) is 6. The van der Waals surface area contributed by atoms with Crippen molar-refractivity contribution in [1.29, 1.82) is 0 Å². The summed E-state index contributed by atoms with van der Waals surface area (Å²) in [6.45, 7) is 8.37. The van der Waals surface area contributed by atoms with Gasteiger partial charge in [-0.1, -0.05) is 0 Å². The van der Waals surface area contributed by atoms with Crippen molar-refractivity contribution in [2.24, 2.45) is 7.05 Å². The van der Waals surface area contributed by atoms with Gasteiger partial charge in [0.1, 0.15) is 11.6 Å². The van der Waals surface area contributed by atoms with Crippen molar-refractivity contribution < 1.29 is 0 Å². The van der Waals surface area contributed by atoms with E-state index >= 15 is 0 Å². The molecule has 0 N–H and O–H groups in total. The van der Waals surface area contributed by atoms with E-state index in [9.17, 15) is 0 Å². The van der Waals surface area contributed by atoms with Gasteiger partial charge in [-0.25, -0.2) is 4.98 Å². The number of hydrogen-bond acceptors (Lipinski definition) is 6. The number of aryl methyl sites for hydroxylation is 1. The minimum Gasteiger partial charge on any atom is -0.343 e. The van der Waals surface area contributed by atoms with Crippen LogP contribution in [0.4, 0.5) is 5.13 Å². The first-order chi connectivity index (χ1) is 11.1. The van der Waals surface area contributed by atoms with Gasteiger partial charge in [-0.15, -0.1) is 21.5 Å². The average molecular weight is 332 g/mol. The molecule has 124 valence electrons. The highest BCUT2D eigenvalue weighted by Crippen LogP contribution is 2.38. The molecule has 2 aliphatic rings. The molecule has 1 saturated carbocycles. The highest BCUT2D eigenvalue weighted by molar-refractivity contribution is 7.13. The first-order valence-corrected chi connectivity index (χ1v) is 9.29. The van der Waals surface area contributed by atoms with E-state index in [4.69, 9.17) is 0 Å². The molecule has 0 unspecified atom stereocenters. The van der Waals surface area contributed by atoms with E-state index in [0.717, 1.165) is 42.8 Å². The molecule has 0 spiro atoms. The molecule has 7 heteroatoms. The van der Waals surface area contributed by atoms with E-state index in [1.165, 1.54) is 18.7 Å². The zero-order chi connectivity index (χ0) is 16.0. The normalized spacial score (nSPS) is 22.7. The monoisotopic (exact) mass is 332 g/mol. The molecule has 0 bridgehead atoms. The molecule has 3 heterocycles. The summed E-state index contributed by atoms with van der Waals surface area (Å²) in [7, 11) is 2.11. The van der Waals surface area contributed by atoms with Crippen molar-refractivity contribution in [2.75, 3.05) is 24.5 Å². The number of thiazole rings is 1. The van der Waals surface area contributed by atoms with Crippen LogP contribution in [0.1, 0.15) is 43.0 Å². The van der Waals surface area contributed by atoms with E-state index in [2.05, 4.69) is 55.8 Å². The van der Waals surface area contributed by atoms with Crippen LogP contribution in [-0.4, -0.2) is 50.3 Å². The SMILES string of the molecule is Cc1csc(N2CCN(Cc3nnc(C4CC4)n3C)C[C@H]2C)n1. The lowest BCUT2D eigenvalue weighted by Crippen LogP contribution is -2.51. The lowest BCUT2D eigenvalue weighted by Gasteiger charge is -2.39. The Hall–Kier alpha value is -1.47. The summed E-state index contributed by atoms with van der Waals surface area (Å²) in [4.78, 5) is 9.56. The Labute approximate surface area is 141 Å². The maximum atomic E-state index is 4.64. The highest BCUT2D eigenvalue weighted by Gasteiger charge is 2.30.